The van der Waals surface area contributed by atoms with Gasteiger partial charge in [-0.05, 0) is 17.5 Å². The summed E-state index contributed by atoms with van der Waals surface area (Å²) in [6.45, 7) is 4.15. The van der Waals surface area contributed by atoms with Crippen molar-refractivity contribution < 1.29 is 9.84 Å². The minimum Gasteiger partial charge on any atom is -0.495 e. The molecule has 0 saturated heterocycles. The van der Waals surface area contributed by atoms with Crippen LogP contribution in [0, 0.1) is 5.41 Å². The Hall–Kier alpha value is -1.09. The van der Waals surface area contributed by atoms with Gasteiger partial charge in [-0.1, -0.05) is 13.8 Å². The van der Waals surface area contributed by atoms with Crippen molar-refractivity contribution >= 4 is 0 Å². The summed E-state index contributed by atoms with van der Waals surface area (Å²) < 4.78 is 5.19. The molecule has 1 aromatic rings. The van der Waals surface area contributed by atoms with Crippen LogP contribution in [0.5, 0.6) is 5.75 Å². The molecule has 3 nitrogen and oxygen atoms in total. The molecular weight excluding hydrogens is 178 g/mol. The van der Waals surface area contributed by atoms with Crippen LogP contribution in [0.15, 0.2) is 18.3 Å². The Bertz CT molecular complexity index is 297. The van der Waals surface area contributed by atoms with Gasteiger partial charge in [0.1, 0.15) is 5.75 Å². The van der Waals surface area contributed by atoms with Crippen LogP contribution in [0.25, 0.3) is 0 Å². The third-order valence-corrected chi connectivity index (χ3v) is 2.14. The minimum absolute atomic E-state index is 0.146. The Kier molecular flexibility index (Phi) is 3.47. The SMILES string of the molecule is COc1cccnc1CC(C)(C)CO. The van der Waals surface area contributed by atoms with Crippen molar-refractivity contribution in [2.75, 3.05) is 13.7 Å². The van der Waals surface area contributed by atoms with Crippen molar-refractivity contribution in [2.24, 2.45) is 5.41 Å². The Morgan fingerprint density at radius 3 is 2.79 bits per heavy atom. The van der Waals surface area contributed by atoms with Gasteiger partial charge < -0.3 is 9.84 Å². The first-order valence-electron chi connectivity index (χ1n) is 4.68. The zero-order chi connectivity index (χ0) is 10.6. The van der Waals surface area contributed by atoms with Crippen molar-refractivity contribution in [3.8, 4) is 5.75 Å². The van der Waals surface area contributed by atoms with Gasteiger partial charge in [0.15, 0.2) is 0 Å². The average molecular weight is 195 g/mol. The average Bonchev–Trinajstić information content (AvgIpc) is 2.18. The first-order valence-corrected chi connectivity index (χ1v) is 4.68. The fourth-order valence-electron chi connectivity index (χ4n) is 1.25. The molecule has 0 atom stereocenters. The summed E-state index contributed by atoms with van der Waals surface area (Å²) in [5.74, 6) is 0.786. The fourth-order valence-corrected chi connectivity index (χ4v) is 1.25. The number of methoxy groups -OCH3 is 1. The van der Waals surface area contributed by atoms with Crippen molar-refractivity contribution in [3.05, 3.63) is 24.0 Å². The van der Waals surface area contributed by atoms with Crippen LogP contribution in [-0.4, -0.2) is 23.8 Å². The molecule has 0 aromatic carbocycles. The topological polar surface area (TPSA) is 42.4 Å². The fraction of sp³-hybridized carbons (Fsp3) is 0.545. The van der Waals surface area contributed by atoms with E-state index in [2.05, 4.69) is 4.98 Å². The van der Waals surface area contributed by atoms with Crippen LogP contribution in [0.3, 0.4) is 0 Å². The zero-order valence-electron chi connectivity index (χ0n) is 8.95. The highest BCUT2D eigenvalue weighted by Gasteiger charge is 2.19. The highest BCUT2D eigenvalue weighted by molar-refractivity contribution is 5.27. The zero-order valence-corrected chi connectivity index (χ0v) is 8.95. The molecule has 0 radical (unpaired) electrons. The maximum Gasteiger partial charge on any atom is 0.140 e. The number of nitrogens with zero attached hydrogens (tertiary/aromatic N) is 1. The summed E-state index contributed by atoms with van der Waals surface area (Å²) in [6.07, 6.45) is 2.46. The number of hydrogen-bond acceptors (Lipinski definition) is 3. The monoisotopic (exact) mass is 195 g/mol. The maximum atomic E-state index is 9.15. The van der Waals surface area contributed by atoms with E-state index in [1.54, 1.807) is 13.3 Å². The molecule has 78 valence electrons. The van der Waals surface area contributed by atoms with Crippen LogP contribution in [0.1, 0.15) is 19.5 Å². The van der Waals surface area contributed by atoms with Gasteiger partial charge >= 0.3 is 0 Å². The molecule has 0 fully saturated rings. The molecule has 1 rings (SSSR count). The molecule has 1 N–H and O–H groups in total. The number of ether oxygens (including phenoxy) is 1. The third-order valence-electron chi connectivity index (χ3n) is 2.14. The highest BCUT2D eigenvalue weighted by atomic mass is 16.5. The van der Waals surface area contributed by atoms with E-state index in [4.69, 9.17) is 9.84 Å². The van der Waals surface area contributed by atoms with E-state index in [-0.39, 0.29) is 12.0 Å². The first-order chi connectivity index (χ1) is 6.59. The summed E-state index contributed by atoms with van der Waals surface area (Å²) in [7, 11) is 1.63. The largest absolute Gasteiger partial charge is 0.495 e. The molecule has 0 amide bonds. The lowest BCUT2D eigenvalue weighted by molar-refractivity contribution is 0.157. The predicted molar refractivity (Wildman–Crippen MR) is 55.4 cm³/mol. The molecule has 0 bridgehead atoms. The summed E-state index contributed by atoms with van der Waals surface area (Å²) in [5.41, 5.74) is 0.746. The molecule has 0 aliphatic carbocycles. The van der Waals surface area contributed by atoms with E-state index in [0.29, 0.717) is 6.42 Å². The number of aromatic nitrogens is 1. The normalized spacial score (nSPS) is 11.4. The number of rotatable bonds is 4. The number of aliphatic hydroxyl groups excluding tert-OH is 1. The second-order valence-corrected chi connectivity index (χ2v) is 4.15. The lowest BCUT2D eigenvalue weighted by atomic mass is 9.88. The van der Waals surface area contributed by atoms with E-state index in [9.17, 15) is 0 Å². The third kappa shape index (κ3) is 2.70. The predicted octanol–water partition coefficient (Wildman–Crippen LogP) is 1.65. The molecule has 0 spiro atoms. The molecule has 14 heavy (non-hydrogen) atoms. The number of pyridine rings is 1. The molecule has 1 aromatic heterocycles. The quantitative estimate of drug-likeness (QED) is 0.794. The summed E-state index contributed by atoms with van der Waals surface area (Å²) in [5, 5.41) is 9.15. The Labute approximate surface area is 84.7 Å². The van der Waals surface area contributed by atoms with Crippen LogP contribution >= 0.6 is 0 Å². The Morgan fingerprint density at radius 2 is 2.21 bits per heavy atom. The van der Waals surface area contributed by atoms with Crippen LogP contribution in [0.4, 0.5) is 0 Å². The molecule has 1 heterocycles. The molecule has 0 unspecified atom stereocenters. The molecule has 0 aliphatic heterocycles. The van der Waals surface area contributed by atoms with Crippen molar-refractivity contribution in [1.29, 1.82) is 0 Å². The van der Waals surface area contributed by atoms with Gasteiger partial charge in [0.05, 0.1) is 12.8 Å². The van der Waals surface area contributed by atoms with Gasteiger partial charge in [0, 0.05) is 19.2 Å². The van der Waals surface area contributed by atoms with Gasteiger partial charge in [-0.15, -0.1) is 0 Å². The summed E-state index contributed by atoms with van der Waals surface area (Å²) in [6, 6.07) is 3.73. The van der Waals surface area contributed by atoms with Gasteiger partial charge in [-0.25, -0.2) is 0 Å². The van der Waals surface area contributed by atoms with Gasteiger partial charge in [0.2, 0.25) is 0 Å². The minimum atomic E-state index is -0.151. The maximum absolute atomic E-state index is 9.15. The van der Waals surface area contributed by atoms with Crippen molar-refractivity contribution in [3.63, 3.8) is 0 Å². The number of aliphatic hydroxyl groups is 1. The standard InChI is InChI=1S/C11H17NO2/c1-11(2,8-13)7-9-10(14-3)5-4-6-12-9/h4-6,13H,7-8H2,1-3H3. The van der Waals surface area contributed by atoms with Gasteiger partial charge in [-0.3, -0.25) is 4.98 Å². The van der Waals surface area contributed by atoms with E-state index < -0.39 is 0 Å². The van der Waals surface area contributed by atoms with Crippen LogP contribution in [0.2, 0.25) is 0 Å². The molecule has 3 heteroatoms. The summed E-state index contributed by atoms with van der Waals surface area (Å²) in [4.78, 5) is 4.25. The van der Waals surface area contributed by atoms with E-state index in [0.717, 1.165) is 11.4 Å². The smallest absolute Gasteiger partial charge is 0.140 e. The van der Waals surface area contributed by atoms with Crippen LogP contribution in [-0.2, 0) is 6.42 Å². The van der Waals surface area contributed by atoms with Gasteiger partial charge in [-0.2, -0.15) is 0 Å². The second-order valence-electron chi connectivity index (χ2n) is 4.15. The Morgan fingerprint density at radius 1 is 1.50 bits per heavy atom. The van der Waals surface area contributed by atoms with Gasteiger partial charge in [0.25, 0.3) is 0 Å². The second kappa shape index (κ2) is 4.42. The number of hydrogen-bond donors (Lipinski definition) is 1. The molecular formula is C11H17NO2. The van der Waals surface area contributed by atoms with E-state index in [1.165, 1.54) is 0 Å². The van der Waals surface area contributed by atoms with Crippen molar-refractivity contribution in [2.45, 2.75) is 20.3 Å². The first kappa shape index (κ1) is 11.0. The molecule has 0 aliphatic rings. The molecule has 0 saturated carbocycles. The Balaban J connectivity index is 2.85. The highest BCUT2D eigenvalue weighted by Crippen LogP contribution is 2.25. The van der Waals surface area contributed by atoms with E-state index >= 15 is 0 Å². The summed E-state index contributed by atoms with van der Waals surface area (Å²) >= 11 is 0. The lowest BCUT2D eigenvalue weighted by Crippen LogP contribution is -2.20. The lowest BCUT2D eigenvalue weighted by Gasteiger charge is -2.21. The van der Waals surface area contributed by atoms with Crippen LogP contribution < -0.4 is 4.74 Å². The van der Waals surface area contributed by atoms with Crippen molar-refractivity contribution in [1.82, 2.24) is 4.98 Å². The van der Waals surface area contributed by atoms with E-state index in [1.807, 2.05) is 26.0 Å².